The summed E-state index contributed by atoms with van der Waals surface area (Å²) in [6.07, 6.45) is 1.00. The van der Waals surface area contributed by atoms with Crippen molar-refractivity contribution in [3.8, 4) is 5.75 Å². The predicted molar refractivity (Wildman–Crippen MR) is 90.6 cm³/mol. The minimum Gasteiger partial charge on any atom is -0.494 e. The van der Waals surface area contributed by atoms with Crippen molar-refractivity contribution < 1.29 is 4.74 Å². The van der Waals surface area contributed by atoms with Gasteiger partial charge in [0.2, 0.25) is 0 Å². The smallest absolute Gasteiger partial charge is 0.119 e. The molecule has 0 aliphatic heterocycles. The number of aryl methyl sites for hydroxylation is 3. The Labute approximate surface area is 132 Å². The number of rotatable bonds is 5. The fraction of sp³-hybridized carbons (Fsp3) is 0.368. The van der Waals surface area contributed by atoms with Crippen molar-refractivity contribution in [1.29, 1.82) is 0 Å². The minimum atomic E-state index is -0.143. The monoisotopic (exact) mass is 302 g/mol. The quantitative estimate of drug-likeness (QED) is 0.641. The Kier molecular flexibility index (Phi) is 5.30. The van der Waals surface area contributed by atoms with Gasteiger partial charge in [0, 0.05) is 0 Å². The molecule has 0 heterocycles. The van der Waals surface area contributed by atoms with Crippen LogP contribution in [0.3, 0.4) is 0 Å². The molecule has 2 heteroatoms. The first-order chi connectivity index (χ1) is 10.0. The van der Waals surface area contributed by atoms with Crippen molar-refractivity contribution in [3.05, 3.63) is 64.2 Å². The molecule has 2 aromatic rings. The van der Waals surface area contributed by atoms with E-state index in [1.807, 2.05) is 18.2 Å². The van der Waals surface area contributed by atoms with Crippen LogP contribution in [-0.2, 0) is 0 Å². The molecule has 0 aromatic heterocycles. The highest BCUT2D eigenvalue weighted by molar-refractivity contribution is 6.22. The summed E-state index contributed by atoms with van der Waals surface area (Å²) in [6.45, 7) is 9.21. The summed E-state index contributed by atoms with van der Waals surface area (Å²) in [4.78, 5) is 0. The van der Waals surface area contributed by atoms with Crippen LogP contribution in [0.4, 0.5) is 0 Å². The zero-order valence-corrected chi connectivity index (χ0v) is 14.0. The summed E-state index contributed by atoms with van der Waals surface area (Å²) in [7, 11) is 0. The van der Waals surface area contributed by atoms with Crippen molar-refractivity contribution in [2.75, 3.05) is 6.61 Å². The number of alkyl halides is 1. The molecule has 0 spiro atoms. The molecule has 112 valence electrons. The van der Waals surface area contributed by atoms with E-state index in [9.17, 15) is 0 Å². The molecule has 0 aliphatic carbocycles. The second-order valence-electron chi connectivity index (χ2n) is 5.60. The van der Waals surface area contributed by atoms with Crippen LogP contribution in [0.1, 0.15) is 46.5 Å². The van der Waals surface area contributed by atoms with Gasteiger partial charge in [0.1, 0.15) is 5.75 Å². The summed E-state index contributed by atoms with van der Waals surface area (Å²) in [5, 5.41) is -0.143. The van der Waals surface area contributed by atoms with E-state index in [-0.39, 0.29) is 5.38 Å². The van der Waals surface area contributed by atoms with E-state index in [1.165, 1.54) is 22.3 Å². The molecule has 0 N–H and O–H groups in total. The Bertz CT molecular complexity index is 596. The second-order valence-corrected chi connectivity index (χ2v) is 6.03. The summed E-state index contributed by atoms with van der Waals surface area (Å²) < 4.78 is 5.70. The van der Waals surface area contributed by atoms with Gasteiger partial charge in [0.05, 0.1) is 12.0 Å². The fourth-order valence-electron chi connectivity index (χ4n) is 2.74. The highest BCUT2D eigenvalue weighted by Crippen LogP contribution is 2.35. The van der Waals surface area contributed by atoms with E-state index in [4.69, 9.17) is 16.3 Å². The molecule has 0 saturated heterocycles. The lowest BCUT2D eigenvalue weighted by molar-refractivity contribution is 0.317. The number of hydrogen-bond acceptors (Lipinski definition) is 1. The predicted octanol–water partition coefficient (Wildman–Crippen LogP) is 5.73. The lowest BCUT2D eigenvalue weighted by atomic mass is 9.94. The Morgan fingerprint density at radius 2 is 1.71 bits per heavy atom. The first kappa shape index (κ1) is 15.9. The molecule has 0 fully saturated rings. The van der Waals surface area contributed by atoms with Crippen molar-refractivity contribution in [1.82, 2.24) is 0 Å². The molecule has 2 aromatic carbocycles. The number of benzene rings is 2. The third kappa shape index (κ3) is 3.79. The van der Waals surface area contributed by atoms with E-state index < -0.39 is 0 Å². The van der Waals surface area contributed by atoms with Crippen LogP contribution in [0.2, 0.25) is 0 Å². The Hall–Kier alpha value is -1.47. The molecule has 1 unspecified atom stereocenters. The first-order valence-electron chi connectivity index (χ1n) is 7.47. The van der Waals surface area contributed by atoms with Crippen LogP contribution in [0.25, 0.3) is 0 Å². The number of halogens is 1. The van der Waals surface area contributed by atoms with Gasteiger partial charge in [0.25, 0.3) is 0 Å². The van der Waals surface area contributed by atoms with Gasteiger partial charge in [-0.05, 0) is 61.6 Å². The largest absolute Gasteiger partial charge is 0.494 e. The van der Waals surface area contributed by atoms with Gasteiger partial charge in [-0.1, -0.05) is 36.8 Å². The highest BCUT2D eigenvalue weighted by Gasteiger charge is 2.16. The zero-order valence-electron chi connectivity index (χ0n) is 13.2. The third-order valence-corrected chi connectivity index (χ3v) is 4.09. The molecule has 0 radical (unpaired) electrons. The van der Waals surface area contributed by atoms with Crippen LogP contribution < -0.4 is 4.74 Å². The van der Waals surface area contributed by atoms with Gasteiger partial charge >= 0.3 is 0 Å². The van der Waals surface area contributed by atoms with Crippen molar-refractivity contribution in [2.24, 2.45) is 0 Å². The van der Waals surface area contributed by atoms with Crippen LogP contribution >= 0.6 is 11.6 Å². The molecule has 1 nitrogen and oxygen atoms in total. The standard InChI is InChI=1S/C19H23ClO/c1-5-9-21-17-8-6-7-16(12-17)19(20)18-14(3)10-13(2)11-15(18)4/h6-8,10-12,19H,5,9H2,1-4H3. The Balaban J connectivity index is 2.34. The minimum absolute atomic E-state index is 0.143. The second kappa shape index (κ2) is 7.00. The maximum atomic E-state index is 6.74. The van der Waals surface area contributed by atoms with Gasteiger partial charge in [-0.2, -0.15) is 0 Å². The normalized spacial score (nSPS) is 12.2. The van der Waals surface area contributed by atoms with E-state index in [2.05, 4.69) is 45.9 Å². The molecule has 0 amide bonds. The fourth-order valence-corrected chi connectivity index (χ4v) is 3.22. The van der Waals surface area contributed by atoms with Crippen LogP contribution in [0.5, 0.6) is 5.75 Å². The average Bonchev–Trinajstić information content (AvgIpc) is 2.44. The van der Waals surface area contributed by atoms with E-state index in [0.29, 0.717) is 0 Å². The van der Waals surface area contributed by atoms with Gasteiger partial charge < -0.3 is 4.74 Å². The van der Waals surface area contributed by atoms with Crippen molar-refractivity contribution in [3.63, 3.8) is 0 Å². The van der Waals surface area contributed by atoms with Gasteiger partial charge in [-0.3, -0.25) is 0 Å². The average molecular weight is 303 g/mol. The van der Waals surface area contributed by atoms with Crippen molar-refractivity contribution >= 4 is 11.6 Å². The maximum absolute atomic E-state index is 6.74. The first-order valence-corrected chi connectivity index (χ1v) is 7.91. The van der Waals surface area contributed by atoms with Crippen LogP contribution in [-0.4, -0.2) is 6.61 Å². The molecule has 2 rings (SSSR count). The molecular weight excluding hydrogens is 280 g/mol. The number of ether oxygens (including phenoxy) is 1. The van der Waals surface area contributed by atoms with E-state index in [1.54, 1.807) is 0 Å². The Morgan fingerprint density at radius 1 is 1.05 bits per heavy atom. The topological polar surface area (TPSA) is 9.23 Å². The molecule has 0 saturated carbocycles. The van der Waals surface area contributed by atoms with Gasteiger partial charge in [-0.25, -0.2) is 0 Å². The lowest BCUT2D eigenvalue weighted by Crippen LogP contribution is -2.01. The Morgan fingerprint density at radius 3 is 2.33 bits per heavy atom. The maximum Gasteiger partial charge on any atom is 0.119 e. The lowest BCUT2D eigenvalue weighted by Gasteiger charge is -2.18. The SMILES string of the molecule is CCCOc1cccc(C(Cl)c2c(C)cc(C)cc2C)c1. The van der Waals surface area contributed by atoms with Crippen LogP contribution in [0.15, 0.2) is 36.4 Å². The molecule has 0 bridgehead atoms. The summed E-state index contributed by atoms with van der Waals surface area (Å²) >= 11 is 6.74. The highest BCUT2D eigenvalue weighted by atomic mass is 35.5. The summed E-state index contributed by atoms with van der Waals surface area (Å²) in [5.74, 6) is 0.891. The summed E-state index contributed by atoms with van der Waals surface area (Å²) in [5.41, 5.74) is 6.05. The molecule has 0 aliphatic rings. The number of hydrogen-bond donors (Lipinski definition) is 0. The van der Waals surface area contributed by atoms with Gasteiger partial charge in [0.15, 0.2) is 0 Å². The molecular formula is C19H23ClO. The summed E-state index contributed by atoms with van der Waals surface area (Å²) in [6, 6.07) is 12.5. The molecule has 1 atom stereocenters. The van der Waals surface area contributed by atoms with Crippen LogP contribution in [0, 0.1) is 20.8 Å². The van der Waals surface area contributed by atoms with Crippen molar-refractivity contribution in [2.45, 2.75) is 39.5 Å². The molecule has 21 heavy (non-hydrogen) atoms. The van der Waals surface area contributed by atoms with E-state index in [0.717, 1.165) is 24.3 Å². The third-order valence-electron chi connectivity index (χ3n) is 3.62. The van der Waals surface area contributed by atoms with Gasteiger partial charge in [-0.15, -0.1) is 11.6 Å². The zero-order chi connectivity index (χ0) is 15.4. The van der Waals surface area contributed by atoms with E-state index >= 15 is 0 Å².